The molecule has 0 saturated heterocycles. The molecule has 0 spiro atoms. The quantitative estimate of drug-likeness (QED) is 0.660. The molecule has 3 rings (SSSR count). The van der Waals surface area contributed by atoms with Crippen LogP contribution in [0.4, 0.5) is 13.2 Å². The van der Waals surface area contributed by atoms with Gasteiger partial charge in [0.25, 0.3) is 0 Å². The summed E-state index contributed by atoms with van der Waals surface area (Å²) in [6.07, 6.45) is -0.0990. The molecule has 5 heteroatoms. The first-order valence-electron chi connectivity index (χ1n) is 5.91. The van der Waals surface area contributed by atoms with Crippen LogP contribution >= 0.6 is 0 Å². The molecule has 1 aromatic carbocycles. The third-order valence-corrected chi connectivity index (χ3v) is 3.03. The van der Waals surface area contributed by atoms with E-state index in [1.807, 2.05) is 24.3 Å². The number of benzene rings is 1. The van der Waals surface area contributed by atoms with E-state index in [2.05, 4.69) is 9.97 Å². The fraction of sp³-hybridized carbons (Fsp3) is 0.0667. The predicted octanol–water partition coefficient (Wildman–Crippen LogP) is 4.32. The zero-order valence-electron chi connectivity index (χ0n) is 10.2. The van der Waals surface area contributed by atoms with Crippen molar-refractivity contribution in [3.63, 3.8) is 0 Å². The third kappa shape index (κ3) is 2.34. The van der Waals surface area contributed by atoms with E-state index in [0.717, 1.165) is 28.6 Å². The van der Waals surface area contributed by atoms with E-state index in [-0.39, 0.29) is 0 Å². The zero-order chi connectivity index (χ0) is 14.2. The maximum Gasteiger partial charge on any atom is 0.417 e. The molecule has 3 aromatic rings. The van der Waals surface area contributed by atoms with Crippen molar-refractivity contribution >= 4 is 10.8 Å². The van der Waals surface area contributed by atoms with Gasteiger partial charge in [-0.05, 0) is 29.7 Å². The number of halogens is 3. The number of rotatable bonds is 1. The molecule has 0 aliphatic carbocycles. The number of alkyl halides is 3. The predicted molar refractivity (Wildman–Crippen MR) is 70.0 cm³/mol. The average molecular weight is 274 g/mol. The molecule has 2 nitrogen and oxygen atoms in total. The minimum Gasteiger partial charge on any atom is -0.264 e. The van der Waals surface area contributed by atoms with Crippen molar-refractivity contribution in [2.45, 2.75) is 6.18 Å². The molecule has 0 aliphatic rings. The number of fused-ring (bicyclic) bond motifs is 1. The van der Waals surface area contributed by atoms with Gasteiger partial charge in [-0.1, -0.05) is 12.1 Å². The third-order valence-electron chi connectivity index (χ3n) is 3.03. The minimum atomic E-state index is -4.36. The normalized spacial score (nSPS) is 11.8. The molecule has 2 aromatic heterocycles. The highest BCUT2D eigenvalue weighted by molar-refractivity contribution is 5.85. The lowest BCUT2D eigenvalue weighted by molar-refractivity contribution is -0.137. The average Bonchev–Trinajstić information content (AvgIpc) is 2.46. The molecule has 2 heterocycles. The van der Waals surface area contributed by atoms with Crippen molar-refractivity contribution in [1.29, 1.82) is 0 Å². The summed E-state index contributed by atoms with van der Waals surface area (Å²) < 4.78 is 37.5. The standard InChI is InChI=1S/C15H9F3N2/c16-15(17,18)13-3-4-14(20-9-13)11-1-2-12-8-19-6-5-10(12)7-11/h1-9H. The zero-order valence-corrected chi connectivity index (χ0v) is 10.2. The molecule has 20 heavy (non-hydrogen) atoms. The Kier molecular flexibility index (Phi) is 2.89. The van der Waals surface area contributed by atoms with Crippen LogP contribution in [0.3, 0.4) is 0 Å². The van der Waals surface area contributed by atoms with Gasteiger partial charge < -0.3 is 0 Å². The lowest BCUT2D eigenvalue weighted by Gasteiger charge is -2.07. The summed E-state index contributed by atoms with van der Waals surface area (Å²) in [6, 6.07) is 9.84. The Labute approximate surface area is 112 Å². The molecule has 100 valence electrons. The summed E-state index contributed by atoms with van der Waals surface area (Å²) in [6.45, 7) is 0. The van der Waals surface area contributed by atoms with Crippen molar-refractivity contribution in [3.8, 4) is 11.3 Å². The van der Waals surface area contributed by atoms with Gasteiger partial charge in [0.2, 0.25) is 0 Å². The minimum absolute atomic E-state index is 0.511. The van der Waals surface area contributed by atoms with Crippen LogP contribution in [-0.4, -0.2) is 9.97 Å². The summed E-state index contributed by atoms with van der Waals surface area (Å²) in [4.78, 5) is 7.90. The van der Waals surface area contributed by atoms with Gasteiger partial charge in [0.1, 0.15) is 0 Å². The van der Waals surface area contributed by atoms with Crippen LogP contribution in [0, 0.1) is 0 Å². The number of hydrogen-bond acceptors (Lipinski definition) is 2. The molecule has 0 unspecified atom stereocenters. The van der Waals surface area contributed by atoms with E-state index < -0.39 is 11.7 Å². The van der Waals surface area contributed by atoms with Gasteiger partial charge >= 0.3 is 6.18 Å². The van der Waals surface area contributed by atoms with E-state index in [4.69, 9.17) is 0 Å². The van der Waals surface area contributed by atoms with Gasteiger partial charge in [0, 0.05) is 29.5 Å². The maximum absolute atomic E-state index is 12.5. The van der Waals surface area contributed by atoms with E-state index in [1.165, 1.54) is 6.07 Å². The second kappa shape index (κ2) is 4.59. The first kappa shape index (κ1) is 12.6. The number of hydrogen-bond donors (Lipinski definition) is 0. The number of pyridine rings is 2. The molecular weight excluding hydrogens is 265 g/mol. The van der Waals surface area contributed by atoms with Crippen molar-refractivity contribution < 1.29 is 13.2 Å². The highest BCUT2D eigenvalue weighted by Crippen LogP contribution is 2.30. The van der Waals surface area contributed by atoms with Gasteiger partial charge in [-0.25, -0.2) is 0 Å². The van der Waals surface area contributed by atoms with Crippen molar-refractivity contribution in [3.05, 3.63) is 60.6 Å². The van der Waals surface area contributed by atoms with Crippen LogP contribution in [0.25, 0.3) is 22.0 Å². The molecule has 0 saturated carbocycles. The van der Waals surface area contributed by atoms with E-state index in [9.17, 15) is 13.2 Å². The summed E-state index contributed by atoms with van der Waals surface area (Å²) in [7, 11) is 0. The van der Waals surface area contributed by atoms with Crippen LogP contribution in [0.2, 0.25) is 0 Å². The maximum atomic E-state index is 12.5. The lowest BCUT2D eigenvalue weighted by Crippen LogP contribution is -2.05. The Balaban J connectivity index is 2.02. The van der Waals surface area contributed by atoms with Crippen LogP contribution < -0.4 is 0 Å². The Hall–Kier alpha value is -2.43. The lowest BCUT2D eigenvalue weighted by atomic mass is 10.1. The van der Waals surface area contributed by atoms with Crippen molar-refractivity contribution in [2.75, 3.05) is 0 Å². The van der Waals surface area contributed by atoms with Crippen LogP contribution in [0.1, 0.15) is 5.56 Å². The molecule has 0 fully saturated rings. The molecule has 0 radical (unpaired) electrons. The monoisotopic (exact) mass is 274 g/mol. The second-order valence-electron chi connectivity index (χ2n) is 4.37. The van der Waals surface area contributed by atoms with Gasteiger partial charge in [-0.3, -0.25) is 9.97 Å². The van der Waals surface area contributed by atoms with Gasteiger partial charge in [-0.2, -0.15) is 13.2 Å². The number of nitrogens with zero attached hydrogens (tertiary/aromatic N) is 2. The van der Waals surface area contributed by atoms with Gasteiger partial charge in [0.05, 0.1) is 11.3 Å². The Morgan fingerprint density at radius 3 is 2.40 bits per heavy atom. The summed E-state index contributed by atoms with van der Waals surface area (Å²) in [5.74, 6) is 0. The summed E-state index contributed by atoms with van der Waals surface area (Å²) in [5, 5.41) is 1.95. The first-order valence-corrected chi connectivity index (χ1v) is 5.91. The molecule has 0 bridgehead atoms. The van der Waals surface area contributed by atoms with Crippen LogP contribution in [0.5, 0.6) is 0 Å². The topological polar surface area (TPSA) is 25.8 Å². The first-order chi connectivity index (χ1) is 9.54. The van der Waals surface area contributed by atoms with Crippen LogP contribution in [0.15, 0.2) is 55.0 Å². The van der Waals surface area contributed by atoms with Gasteiger partial charge in [-0.15, -0.1) is 0 Å². The van der Waals surface area contributed by atoms with Crippen molar-refractivity contribution in [1.82, 2.24) is 9.97 Å². The van der Waals surface area contributed by atoms with E-state index >= 15 is 0 Å². The largest absolute Gasteiger partial charge is 0.417 e. The smallest absolute Gasteiger partial charge is 0.264 e. The molecule has 0 aliphatic heterocycles. The SMILES string of the molecule is FC(F)(F)c1ccc(-c2ccc3cnccc3c2)nc1. The summed E-state index contributed by atoms with van der Waals surface area (Å²) >= 11 is 0. The van der Waals surface area contributed by atoms with E-state index in [0.29, 0.717) is 5.69 Å². The Morgan fingerprint density at radius 2 is 1.70 bits per heavy atom. The van der Waals surface area contributed by atoms with Gasteiger partial charge in [0.15, 0.2) is 0 Å². The Morgan fingerprint density at radius 1 is 0.850 bits per heavy atom. The fourth-order valence-electron chi connectivity index (χ4n) is 1.97. The van der Waals surface area contributed by atoms with E-state index in [1.54, 1.807) is 12.4 Å². The Bertz CT molecular complexity index is 749. The van der Waals surface area contributed by atoms with Crippen molar-refractivity contribution in [2.24, 2.45) is 0 Å². The second-order valence-corrected chi connectivity index (χ2v) is 4.37. The molecular formula is C15H9F3N2. The highest BCUT2D eigenvalue weighted by Gasteiger charge is 2.30. The molecule has 0 N–H and O–H groups in total. The number of aromatic nitrogens is 2. The molecule has 0 atom stereocenters. The fourth-order valence-corrected chi connectivity index (χ4v) is 1.97. The highest BCUT2D eigenvalue weighted by atomic mass is 19.4. The summed E-state index contributed by atoms with van der Waals surface area (Å²) in [5.41, 5.74) is 0.542. The van der Waals surface area contributed by atoms with Crippen LogP contribution in [-0.2, 0) is 6.18 Å². The molecule has 0 amide bonds.